The minimum Gasteiger partial charge on any atom is -0.384 e. The van der Waals surface area contributed by atoms with Gasteiger partial charge in [-0.15, -0.1) is 0 Å². The normalized spacial score (nSPS) is 10.4. The Labute approximate surface area is 111 Å². The molecular weight excluding hydrogens is 243 g/mol. The molecule has 0 atom stereocenters. The molecule has 2 aromatic rings. The Kier molecular flexibility index (Phi) is 4.28. The van der Waals surface area contributed by atoms with Crippen LogP contribution in [0, 0.1) is 5.82 Å². The van der Waals surface area contributed by atoms with Crippen molar-refractivity contribution < 1.29 is 4.39 Å². The number of nitrogens with zero attached hydrogens (tertiary/aromatic N) is 2. The molecule has 1 heterocycles. The van der Waals surface area contributed by atoms with Crippen molar-refractivity contribution in [3.8, 4) is 0 Å². The number of aryl methyl sites for hydroxylation is 1. The molecule has 0 aliphatic rings. The van der Waals surface area contributed by atoms with Crippen molar-refractivity contribution >= 4 is 11.6 Å². The van der Waals surface area contributed by atoms with E-state index in [9.17, 15) is 4.39 Å². The van der Waals surface area contributed by atoms with Crippen LogP contribution in [0.2, 0.25) is 0 Å². The maximum atomic E-state index is 13.4. The van der Waals surface area contributed by atoms with E-state index in [-0.39, 0.29) is 5.82 Å². The lowest BCUT2D eigenvalue weighted by atomic mass is 10.1. The van der Waals surface area contributed by atoms with Crippen LogP contribution < -0.4 is 11.1 Å². The summed E-state index contributed by atoms with van der Waals surface area (Å²) in [7, 11) is 0. The number of aromatic nitrogens is 2. The third-order valence-electron chi connectivity index (χ3n) is 2.77. The maximum absolute atomic E-state index is 13.4. The molecule has 0 unspecified atom stereocenters. The van der Waals surface area contributed by atoms with E-state index in [0.29, 0.717) is 36.0 Å². The van der Waals surface area contributed by atoms with Gasteiger partial charge in [0, 0.05) is 19.0 Å². The molecule has 19 heavy (non-hydrogen) atoms. The zero-order valence-electron chi connectivity index (χ0n) is 10.9. The molecule has 0 aliphatic carbocycles. The first kappa shape index (κ1) is 13.3. The SMILES string of the molecule is CCc1nc(N)cc(NCCc2ccccc2F)n1. The van der Waals surface area contributed by atoms with Crippen molar-refractivity contribution in [1.29, 1.82) is 0 Å². The van der Waals surface area contributed by atoms with E-state index in [0.717, 1.165) is 6.42 Å². The Morgan fingerprint density at radius 3 is 2.79 bits per heavy atom. The molecule has 1 aromatic heterocycles. The predicted molar refractivity (Wildman–Crippen MR) is 74.4 cm³/mol. The van der Waals surface area contributed by atoms with Crippen LogP contribution in [0.4, 0.5) is 16.0 Å². The average molecular weight is 260 g/mol. The fourth-order valence-corrected chi connectivity index (χ4v) is 1.79. The van der Waals surface area contributed by atoms with Crippen molar-refractivity contribution in [3.05, 3.63) is 47.5 Å². The predicted octanol–water partition coefficient (Wildman–Crippen LogP) is 2.41. The summed E-state index contributed by atoms with van der Waals surface area (Å²) in [5.74, 6) is 1.65. The Morgan fingerprint density at radius 1 is 1.26 bits per heavy atom. The lowest BCUT2D eigenvalue weighted by Gasteiger charge is -2.08. The second-order valence-corrected chi connectivity index (χ2v) is 4.22. The topological polar surface area (TPSA) is 63.8 Å². The third kappa shape index (κ3) is 3.64. The first-order valence-electron chi connectivity index (χ1n) is 6.29. The fraction of sp³-hybridized carbons (Fsp3) is 0.286. The number of halogens is 1. The molecule has 4 nitrogen and oxygen atoms in total. The monoisotopic (exact) mass is 260 g/mol. The number of nitrogens with one attached hydrogen (secondary N) is 1. The molecule has 3 N–H and O–H groups in total. The molecule has 5 heteroatoms. The van der Waals surface area contributed by atoms with Crippen LogP contribution in [0.1, 0.15) is 18.3 Å². The van der Waals surface area contributed by atoms with Crippen LogP contribution in [0.3, 0.4) is 0 Å². The fourth-order valence-electron chi connectivity index (χ4n) is 1.79. The van der Waals surface area contributed by atoms with E-state index >= 15 is 0 Å². The van der Waals surface area contributed by atoms with Gasteiger partial charge in [-0.2, -0.15) is 0 Å². The van der Waals surface area contributed by atoms with E-state index in [1.54, 1.807) is 18.2 Å². The zero-order chi connectivity index (χ0) is 13.7. The van der Waals surface area contributed by atoms with E-state index in [1.807, 2.05) is 13.0 Å². The van der Waals surface area contributed by atoms with Crippen molar-refractivity contribution in [1.82, 2.24) is 9.97 Å². The maximum Gasteiger partial charge on any atom is 0.132 e. The highest BCUT2D eigenvalue weighted by molar-refractivity contribution is 5.44. The highest BCUT2D eigenvalue weighted by Crippen LogP contribution is 2.10. The molecule has 0 bridgehead atoms. The standard InChI is InChI=1S/C14H17FN4/c1-2-13-18-12(16)9-14(19-13)17-8-7-10-5-3-4-6-11(10)15/h3-6,9H,2,7-8H2,1H3,(H3,16,17,18,19). The lowest BCUT2D eigenvalue weighted by Crippen LogP contribution is -2.09. The second kappa shape index (κ2) is 6.13. The van der Waals surface area contributed by atoms with Gasteiger partial charge in [0.05, 0.1) is 0 Å². The van der Waals surface area contributed by atoms with E-state index in [4.69, 9.17) is 5.73 Å². The summed E-state index contributed by atoms with van der Waals surface area (Å²) in [6.45, 7) is 2.57. The minimum absolute atomic E-state index is 0.180. The molecule has 2 rings (SSSR count). The number of nitrogen functional groups attached to an aromatic ring is 1. The summed E-state index contributed by atoms with van der Waals surface area (Å²) >= 11 is 0. The molecular formula is C14H17FN4. The molecule has 100 valence electrons. The molecule has 0 amide bonds. The summed E-state index contributed by atoms with van der Waals surface area (Å²) in [6, 6.07) is 8.44. The summed E-state index contributed by atoms with van der Waals surface area (Å²) in [4.78, 5) is 8.41. The van der Waals surface area contributed by atoms with Gasteiger partial charge in [-0.3, -0.25) is 0 Å². The van der Waals surface area contributed by atoms with Crippen molar-refractivity contribution in [2.45, 2.75) is 19.8 Å². The van der Waals surface area contributed by atoms with Crippen LogP contribution >= 0.6 is 0 Å². The van der Waals surface area contributed by atoms with Crippen molar-refractivity contribution in [2.24, 2.45) is 0 Å². The number of hydrogen-bond acceptors (Lipinski definition) is 4. The van der Waals surface area contributed by atoms with Gasteiger partial charge < -0.3 is 11.1 Å². The van der Waals surface area contributed by atoms with Gasteiger partial charge in [0.1, 0.15) is 23.3 Å². The smallest absolute Gasteiger partial charge is 0.132 e. The molecule has 0 fully saturated rings. The summed E-state index contributed by atoms with van der Waals surface area (Å²) < 4.78 is 13.4. The van der Waals surface area contributed by atoms with E-state index < -0.39 is 0 Å². The molecule has 0 radical (unpaired) electrons. The molecule has 0 aliphatic heterocycles. The van der Waals surface area contributed by atoms with Gasteiger partial charge >= 0.3 is 0 Å². The zero-order valence-corrected chi connectivity index (χ0v) is 10.9. The van der Waals surface area contributed by atoms with Gasteiger partial charge in [0.2, 0.25) is 0 Å². The Morgan fingerprint density at radius 2 is 2.05 bits per heavy atom. The van der Waals surface area contributed by atoms with E-state index in [1.165, 1.54) is 6.07 Å². The second-order valence-electron chi connectivity index (χ2n) is 4.22. The largest absolute Gasteiger partial charge is 0.384 e. The summed E-state index contributed by atoms with van der Waals surface area (Å²) in [5.41, 5.74) is 6.38. The molecule has 0 spiro atoms. The first-order valence-corrected chi connectivity index (χ1v) is 6.29. The Hall–Kier alpha value is -2.17. The van der Waals surface area contributed by atoms with Gasteiger partial charge in [0.15, 0.2) is 0 Å². The van der Waals surface area contributed by atoms with Crippen LogP contribution in [0.5, 0.6) is 0 Å². The Balaban J connectivity index is 1.96. The van der Waals surface area contributed by atoms with Crippen LogP contribution in [0.25, 0.3) is 0 Å². The van der Waals surface area contributed by atoms with Crippen molar-refractivity contribution in [2.75, 3.05) is 17.6 Å². The average Bonchev–Trinajstić information content (AvgIpc) is 2.40. The van der Waals surface area contributed by atoms with Crippen LogP contribution in [-0.2, 0) is 12.8 Å². The third-order valence-corrected chi connectivity index (χ3v) is 2.77. The number of rotatable bonds is 5. The summed E-state index contributed by atoms with van der Waals surface area (Å²) in [6.07, 6.45) is 1.32. The molecule has 0 saturated carbocycles. The van der Waals surface area contributed by atoms with Gasteiger partial charge in [-0.1, -0.05) is 25.1 Å². The first-order chi connectivity index (χ1) is 9.19. The number of hydrogen-bond donors (Lipinski definition) is 2. The highest BCUT2D eigenvalue weighted by Gasteiger charge is 2.03. The van der Waals surface area contributed by atoms with Gasteiger partial charge in [-0.25, -0.2) is 14.4 Å². The minimum atomic E-state index is -0.180. The van der Waals surface area contributed by atoms with Gasteiger partial charge in [-0.05, 0) is 18.1 Å². The Bertz CT molecular complexity index is 557. The van der Waals surface area contributed by atoms with Crippen molar-refractivity contribution in [3.63, 3.8) is 0 Å². The number of anilines is 2. The van der Waals surface area contributed by atoms with E-state index in [2.05, 4.69) is 15.3 Å². The number of benzene rings is 1. The van der Waals surface area contributed by atoms with Crippen LogP contribution in [-0.4, -0.2) is 16.5 Å². The molecule has 1 aromatic carbocycles. The van der Waals surface area contributed by atoms with Gasteiger partial charge in [0.25, 0.3) is 0 Å². The highest BCUT2D eigenvalue weighted by atomic mass is 19.1. The molecule has 0 saturated heterocycles. The van der Waals surface area contributed by atoms with Crippen LogP contribution in [0.15, 0.2) is 30.3 Å². The lowest BCUT2D eigenvalue weighted by molar-refractivity contribution is 0.610. The quantitative estimate of drug-likeness (QED) is 0.866. The number of nitrogens with two attached hydrogens (primary N) is 1. The summed E-state index contributed by atoms with van der Waals surface area (Å²) in [5, 5.41) is 3.14.